The van der Waals surface area contributed by atoms with Crippen molar-refractivity contribution < 1.29 is 18.0 Å². The topological polar surface area (TPSA) is 32.3 Å². The minimum absolute atomic E-state index is 0.127. The molecule has 1 amide bonds. The number of rotatable bonds is 1. The third-order valence-corrected chi connectivity index (χ3v) is 5.11. The first-order valence-corrected chi connectivity index (χ1v) is 7.64. The molecule has 3 atom stereocenters. The minimum Gasteiger partial charge on any atom is -0.329 e. The van der Waals surface area contributed by atoms with E-state index >= 15 is 0 Å². The Morgan fingerprint density at radius 1 is 1.32 bits per heavy atom. The quantitative estimate of drug-likeness (QED) is 0.865. The van der Waals surface area contributed by atoms with Crippen molar-refractivity contribution in [2.75, 3.05) is 19.6 Å². The van der Waals surface area contributed by atoms with Gasteiger partial charge in [-0.2, -0.15) is 13.2 Å². The number of piperazine rings is 1. The Balaban J connectivity index is 1.89. The number of hydrogen-bond donors (Lipinski definition) is 1. The van der Waals surface area contributed by atoms with Crippen LogP contribution in [0, 0.1) is 5.92 Å². The average molecular weight is 310 g/mol. The van der Waals surface area contributed by atoms with Crippen LogP contribution in [-0.2, 0) is 6.18 Å². The zero-order valence-corrected chi connectivity index (χ0v) is 12.2. The monoisotopic (exact) mass is 310 g/mol. The van der Waals surface area contributed by atoms with E-state index < -0.39 is 17.6 Å². The largest absolute Gasteiger partial charge is 0.417 e. The third-order valence-electron chi connectivity index (χ3n) is 5.11. The highest BCUT2D eigenvalue weighted by molar-refractivity contribution is 6.01. The van der Waals surface area contributed by atoms with Crippen molar-refractivity contribution in [2.45, 2.75) is 31.5 Å². The van der Waals surface area contributed by atoms with E-state index in [1.54, 1.807) is 4.90 Å². The molecule has 1 saturated carbocycles. The van der Waals surface area contributed by atoms with Crippen molar-refractivity contribution in [3.63, 3.8) is 0 Å². The van der Waals surface area contributed by atoms with Gasteiger partial charge in [-0.05, 0) is 35.4 Å². The lowest BCUT2D eigenvalue weighted by molar-refractivity contribution is -0.138. The van der Waals surface area contributed by atoms with Crippen molar-refractivity contribution in [3.05, 3.63) is 34.4 Å². The molecule has 2 aliphatic heterocycles. The first kappa shape index (κ1) is 14.1. The third kappa shape index (κ3) is 1.96. The summed E-state index contributed by atoms with van der Waals surface area (Å²) in [6.07, 6.45) is -3.56. The number of hydrogen-bond acceptors (Lipinski definition) is 2. The van der Waals surface area contributed by atoms with Crippen molar-refractivity contribution in [1.82, 2.24) is 10.2 Å². The Bertz CT molecular complexity index is 656. The molecule has 1 N–H and O–H groups in total. The molecule has 6 heteroatoms. The summed E-state index contributed by atoms with van der Waals surface area (Å²) in [5, 5.41) is 3.17. The molecule has 3 nitrogen and oxygen atoms in total. The molecule has 2 heterocycles. The van der Waals surface area contributed by atoms with Gasteiger partial charge in [-0.25, -0.2) is 0 Å². The summed E-state index contributed by atoms with van der Waals surface area (Å²) in [7, 11) is 0. The Labute approximate surface area is 126 Å². The fraction of sp³-hybridized carbons (Fsp3) is 0.562. The first-order valence-electron chi connectivity index (χ1n) is 7.64. The molecule has 2 fully saturated rings. The Hall–Kier alpha value is -1.56. The van der Waals surface area contributed by atoms with Crippen LogP contribution in [0.5, 0.6) is 0 Å². The van der Waals surface area contributed by atoms with E-state index in [4.69, 9.17) is 0 Å². The van der Waals surface area contributed by atoms with Gasteiger partial charge in [-0.3, -0.25) is 4.79 Å². The summed E-state index contributed by atoms with van der Waals surface area (Å²) in [5.41, 5.74) is 0.414. The molecule has 1 aromatic carbocycles. The molecule has 1 saturated heterocycles. The summed E-state index contributed by atoms with van der Waals surface area (Å²) >= 11 is 0. The molecule has 1 aliphatic carbocycles. The van der Waals surface area contributed by atoms with Crippen LogP contribution < -0.4 is 5.32 Å². The lowest BCUT2D eigenvalue weighted by atomic mass is 9.93. The van der Waals surface area contributed by atoms with E-state index in [2.05, 4.69) is 5.32 Å². The van der Waals surface area contributed by atoms with E-state index in [1.807, 2.05) is 13.0 Å². The molecule has 0 aromatic heterocycles. The van der Waals surface area contributed by atoms with Crippen molar-refractivity contribution in [3.8, 4) is 0 Å². The summed E-state index contributed by atoms with van der Waals surface area (Å²) in [6, 6.07) is 2.79. The number of benzene rings is 1. The van der Waals surface area contributed by atoms with Gasteiger partial charge in [0, 0.05) is 19.6 Å². The Kier molecular flexibility index (Phi) is 2.86. The van der Waals surface area contributed by atoms with Gasteiger partial charge in [-0.1, -0.05) is 13.0 Å². The second kappa shape index (κ2) is 4.47. The smallest absolute Gasteiger partial charge is 0.329 e. The van der Waals surface area contributed by atoms with Gasteiger partial charge in [0.05, 0.1) is 17.2 Å². The normalized spacial score (nSPS) is 30.3. The lowest BCUT2D eigenvalue weighted by Crippen LogP contribution is -2.44. The Morgan fingerprint density at radius 2 is 2.05 bits per heavy atom. The maximum Gasteiger partial charge on any atom is 0.417 e. The van der Waals surface area contributed by atoms with E-state index in [0.29, 0.717) is 31.1 Å². The van der Waals surface area contributed by atoms with Crippen LogP contribution in [0.25, 0.3) is 0 Å². The predicted octanol–water partition coefficient (Wildman–Crippen LogP) is 2.93. The van der Waals surface area contributed by atoms with E-state index in [9.17, 15) is 18.0 Å². The highest BCUT2D eigenvalue weighted by Gasteiger charge is 2.47. The number of alkyl halides is 3. The number of amides is 1. The molecule has 0 bridgehead atoms. The van der Waals surface area contributed by atoms with Gasteiger partial charge in [-0.15, -0.1) is 0 Å². The van der Waals surface area contributed by atoms with Crippen LogP contribution in [0.2, 0.25) is 0 Å². The van der Waals surface area contributed by atoms with Crippen LogP contribution in [-0.4, -0.2) is 30.4 Å². The van der Waals surface area contributed by atoms with Crippen LogP contribution in [0.4, 0.5) is 13.2 Å². The van der Waals surface area contributed by atoms with Crippen molar-refractivity contribution in [2.24, 2.45) is 5.92 Å². The van der Waals surface area contributed by atoms with Crippen LogP contribution in [0.3, 0.4) is 0 Å². The number of nitrogens with zero attached hydrogens (tertiary/aromatic N) is 1. The van der Waals surface area contributed by atoms with E-state index in [0.717, 1.165) is 12.0 Å². The second-order valence-electron chi connectivity index (χ2n) is 6.57. The summed E-state index contributed by atoms with van der Waals surface area (Å²) in [6.45, 7) is 3.67. The second-order valence-corrected chi connectivity index (χ2v) is 6.57. The molecule has 0 unspecified atom stereocenters. The van der Waals surface area contributed by atoms with Gasteiger partial charge in [0.1, 0.15) is 0 Å². The molecule has 0 spiro atoms. The number of fused-ring (bicyclic) bond motifs is 3. The molecule has 0 radical (unpaired) electrons. The van der Waals surface area contributed by atoms with Gasteiger partial charge >= 0.3 is 6.18 Å². The lowest BCUT2D eigenvalue weighted by Gasteiger charge is -2.30. The van der Waals surface area contributed by atoms with E-state index in [-0.39, 0.29) is 17.5 Å². The van der Waals surface area contributed by atoms with Crippen molar-refractivity contribution >= 4 is 5.91 Å². The average Bonchev–Trinajstić information content (AvgIpc) is 3.14. The molecule has 4 rings (SSSR count). The predicted molar refractivity (Wildman–Crippen MR) is 74.6 cm³/mol. The number of nitrogens with one attached hydrogen (secondary N) is 1. The summed E-state index contributed by atoms with van der Waals surface area (Å²) in [5.74, 6) is 0.160. The maximum atomic E-state index is 13.5. The maximum absolute atomic E-state index is 13.5. The number of carbonyl (C=O) groups is 1. The zero-order valence-electron chi connectivity index (χ0n) is 12.2. The highest BCUT2D eigenvalue weighted by atomic mass is 19.4. The molecule has 3 aliphatic rings. The van der Waals surface area contributed by atoms with Gasteiger partial charge in [0.25, 0.3) is 5.91 Å². The highest BCUT2D eigenvalue weighted by Crippen LogP contribution is 2.51. The van der Waals surface area contributed by atoms with Crippen LogP contribution in [0.15, 0.2) is 12.1 Å². The molecule has 1 aromatic rings. The summed E-state index contributed by atoms with van der Waals surface area (Å²) in [4.78, 5) is 14.0. The molecule has 22 heavy (non-hydrogen) atoms. The number of carbonyl (C=O) groups excluding carboxylic acids is 1. The SMILES string of the molecule is C[C@@H]1C[C@H]1c1cc2c(c(C(F)(F)F)c1)C(=O)N1CCNC[C@H]21. The summed E-state index contributed by atoms with van der Waals surface area (Å²) < 4.78 is 40.4. The molecular weight excluding hydrogens is 293 g/mol. The standard InChI is InChI=1S/C16H17F3N2O/c1-8-4-10(8)9-5-11-13-7-20-2-3-21(13)15(22)14(11)12(6-9)16(17,18)19/h5-6,8,10,13,20H,2-4,7H2,1H3/t8-,10-,13-/m1/s1. The van der Waals surface area contributed by atoms with Crippen molar-refractivity contribution in [1.29, 1.82) is 0 Å². The van der Waals surface area contributed by atoms with E-state index in [1.165, 1.54) is 6.07 Å². The van der Waals surface area contributed by atoms with Gasteiger partial charge in [0.2, 0.25) is 0 Å². The molecular formula is C16H17F3N2O. The fourth-order valence-electron chi connectivity index (χ4n) is 3.78. The zero-order chi connectivity index (χ0) is 15.6. The Morgan fingerprint density at radius 3 is 2.68 bits per heavy atom. The number of halogens is 3. The minimum atomic E-state index is -4.49. The van der Waals surface area contributed by atoms with Crippen LogP contribution >= 0.6 is 0 Å². The van der Waals surface area contributed by atoms with Gasteiger partial charge in [0.15, 0.2) is 0 Å². The van der Waals surface area contributed by atoms with Gasteiger partial charge < -0.3 is 10.2 Å². The first-order chi connectivity index (χ1) is 10.4. The molecule has 118 valence electrons. The van der Waals surface area contributed by atoms with Crippen LogP contribution in [0.1, 0.15) is 52.4 Å². The fourth-order valence-corrected chi connectivity index (χ4v) is 3.78.